The number of benzene rings is 1. The lowest BCUT2D eigenvalue weighted by molar-refractivity contribution is 0.267. The maximum absolute atomic E-state index is 5.42. The Morgan fingerprint density at radius 2 is 1.20 bits per heavy atom. The van der Waals surface area contributed by atoms with Crippen LogP contribution in [-0.4, -0.2) is 13.2 Å². The summed E-state index contributed by atoms with van der Waals surface area (Å²) in [6.07, 6.45) is 0. The van der Waals surface area contributed by atoms with Gasteiger partial charge in [-0.15, -0.1) is 0 Å². The minimum Gasteiger partial charge on any atom is -0.318 e. The first kappa shape index (κ1) is 14.8. The summed E-state index contributed by atoms with van der Waals surface area (Å²) in [6.45, 7) is 2.36. The summed E-state index contributed by atoms with van der Waals surface area (Å²) in [5.41, 5.74) is 5.42. The Hall–Kier alpha value is -0.250. The van der Waals surface area contributed by atoms with Gasteiger partial charge in [0.2, 0.25) is 0 Å². The van der Waals surface area contributed by atoms with Crippen molar-refractivity contribution in [2.75, 3.05) is 13.2 Å². The van der Waals surface area contributed by atoms with Gasteiger partial charge in [0.15, 0.2) is 0 Å². The van der Waals surface area contributed by atoms with Gasteiger partial charge in [-0.1, -0.05) is 36.4 Å². The van der Waals surface area contributed by atoms with Crippen LogP contribution < -0.4 is 5.50 Å². The van der Waals surface area contributed by atoms with Crippen LogP contribution in [0.15, 0.2) is 36.4 Å². The molecular formula is C10H18NO2PS. The molecule has 1 rings (SSSR count). The molecule has 3 nitrogen and oxygen atoms in total. The van der Waals surface area contributed by atoms with Crippen molar-refractivity contribution in [3.8, 4) is 0 Å². The molecule has 0 aromatic heterocycles. The number of hydrogen-bond donors (Lipinski definition) is 1. The van der Waals surface area contributed by atoms with E-state index in [9.17, 15) is 0 Å². The third kappa shape index (κ3) is 10.0. The summed E-state index contributed by atoms with van der Waals surface area (Å²) in [7, 11) is 0. The molecule has 0 aliphatic carbocycles. The quantitative estimate of drug-likeness (QED) is 0.831. The minimum absolute atomic E-state index is 0.522. The van der Waals surface area contributed by atoms with Gasteiger partial charge in [-0.2, -0.15) is 0 Å². The zero-order valence-corrected chi connectivity index (χ0v) is 10.8. The Morgan fingerprint density at radius 1 is 0.933 bits per heavy atom. The average Bonchev–Trinajstić information content (AvgIpc) is 2.21. The van der Waals surface area contributed by atoms with E-state index in [0.717, 1.165) is 0 Å². The molecule has 86 valence electrons. The molecule has 0 radical (unpaired) electrons. The van der Waals surface area contributed by atoms with E-state index in [4.69, 9.17) is 26.4 Å². The van der Waals surface area contributed by atoms with Gasteiger partial charge in [0, 0.05) is 0 Å². The molecule has 0 fully saturated rings. The lowest BCUT2D eigenvalue weighted by Crippen LogP contribution is -2.02. The smallest absolute Gasteiger partial charge is 0.258 e. The molecule has 0 bridgehead atoms. The highest BCUT2D eigenvalue weighted by molar-refractivity contribution is 8.08. The zero-order valence-electron chi connectivity index (χ0n) is 9.13. The SMILES string of the molecule is CCOP(N)(=S)OCC.c1ccccc1. The fourth-order valence-electron chi connectivity index (χ4n) is 0.782. The predicted molar refractivity (Wildman–Crippen MR) is 68.2 cm³/mol. The van der Waals surface area contributed by atoms with Crippen molar-refractivity contribution in [2.45, 2.75) is 13.8 Å². The van der Waals surface area contributed by atoms with E-state index in [1.165, 1.54) is 0 Å². The molecule has 1 aromatic carbocycles. The van der Waals surface area contributed by atoms with Gasteiger partial charge >= 0.3 is 0 Å². The Balaban J connectivity index is 0.000000280. The first-order chi connectivity index (χ1) is 7.12. The van der Waals surface area contributed by atoms with E-state index in [-0.39, 0.29) is 0 Å². The largest absolute Gasteiger partial charge is 0.318 e. The molecule has 5 heteroatoms. The predicted octanol–water partition coefficient (Wildman–Crippen LogP) is 2.93. The summed E-state index contributed by atoms with van der Waals surface area (Å²) in [5.74, 6) is 0. The van der Waals surface area contributed by atoms with Gasteiger partial charge in [-0.3, -0.25) is 5.50 Å². The fraction of sp³-hybridized carbons (Fsp3) is 0.400. The van der Waals surface area contributed by atoms with Crippen LogP contribution in [0, 0.1) is 0 Å². The van der Waals surface area contributed by atoms with Gasteiger partial charge in [-0.25, -0.2) is 0 Å². The van der Waals surface area contributed by atoms with Crippen LogP contribution in [-0.2, 0) is 20.9 Å². The van der Waals surface area contributed by atoms with Crippen LogP contribution in [0.5, 0.6) is 0 Å². The molecule has 0 aliphatic rings. The topological polar surface area (TPSA) is 44.5 Å². The van der Waals surface area contributed by atoms with Crippen molar-refractivity contribution in [1.82, 2.24) is 0 Å². The van der Waals surface area contributed by atoms with Gasteiger partial charge in [0.1, 0.15) is 0 Å². The van der Waals surface area contributed by atoms with Crippen LogP contribution in [0.4, 0.5) is 0 Å². The third-order valence-corrected chi connectivity index (χ3v) is 3.15. The Kier molecular flexibility index (Phi) is 8.86. The third-order valence-electron chi connectivity index (χ3n) is 1.28. The van der Waals surface area contributed by atoms with Crippen molar-refractivity contribution in [3.05, 3.63) is 36.4 Å². The van der Waals surface area contributed by atoms with E-state index in [2.05, 4.69) is 0 Å². The lowest BCUT2D eigenvalue weighted by atomic mass is 10.4. The Morgan fingerprint density at radius 3 is 1.40 bits per heavy atom. The maximum atomic E-state index is 5.42. The lowest BCUT2D eigenvalue weighted by Gasteiger charge is -2.13. The Labute approximate surface area is 96.8 Å². The highest BCUT2D eigenvalue weighted by Crippen LogP contribution is 2.38. The van der Waals surface area contributed by atoms with Crippen LogP contribution >= 0.6 is 6.64 Å². The highest BCUT2D eigenvalue weighted by Gasteiger charge is 2.08. The summed E-state index contributed by atoms with van der Waals surface area (Å²) in [6, 6.07) is 12.0. The molecule has 2 N–H and O–H groups in total. The van der Waals surface area contributed by atoms with E-state index >= 15 is 0 Å². The van der Waals surface area contributed by atoms with Gasteiger partial charge in [-0.05, 0) is 25.7 Å². The molecule has 0 saturated heterocycles. The van der Waals surface area contributed by atoms with Crippen molar-refractivity contribution in [1.29, 1.82) is 0 Å². The molecule has 0 amide bonds. The van der Waals surface area contributed by atoms with Crippen molar-refractivity contribution in [2.24, 2.45) is 5.50 Å². The molecule has 0 saturated carbocycles. The van der Waals surface area contributed by atoms with Gasteiger partial charge in [0.25, 0.3) is 6.64 Å². The average molecular weight is 247 g/mol. The molecule has 0 unspecified atom stereocenters. The van der Waals surface area contributed by atoms with Gasteiger partial charge in [0.05, 0.1) is 13.2 Å². The summed E-state index contributed by atoms with van der Waals surface area (Å²) < 4.78 is 9.90. The fourth-order valence-corrected chi connectivity index (χ4v) is 2.21. The van der Waals surface area contributed by atoms with Crippen molar-refractivity contribution >= 4 is 18.4 Å². The first-order valence-corrected chi connectivity index (χ1v) is 7.50. The van der Waals surface area contributed by atoms with Crippen LogP contribution in [0.2, 0.25) is 0 Å². The van der Waals surface area contributed by atoms with E-state index in [0.29, 0.717) is 13.2 Å². The molecule has 0 aliphatic heterocycles. The van der Waals surface area contributed by atoms with E-state index in [1.54, 1.807) is 0 Å². The second-order valence-electron chi connectivity index (χ2n) is 2.53. The van der Waals surface area contributed by atoms with Gasteiger partial charge < -0.3 is 9.05 Å². The maximum Gasteiger partial charge on any atom is 0.258 e. The minimum atomic E-state index is -2.36. The highest BCUT2D eigenvalue weighted by atomic mass is 32.5. The molecular weight excluding hydrogens is 229 g/mol. The van der Waals surface area contributed by atoms with Crippen LogP contribution in [0.1, 0.15) is 13.8 Å². The first-order valence-electron chi connectivity index (χ1n) is 4.80. The van der Waals surface area contributed by atoms with E-state index in [1.807, 2.05) is 50.2 Å². The number of hydrogen-bond acceptors (Lipinski definition) is 3. The van der Waals surface area contributed by atoms with Crippen molar-refractivity contribution < 1.29 is 9.05 Å². The zero-order chi connectivity index (χ0) is 11.6. The van der Waals surface area contributed by atoms with E-state index < -0.39 is 6.64 Å². The summed E-state index contributed by atoms with van der Waals surface area (Å²) in [4.78, 5) is 0. The number of nitrogens with two attached hydrogens (primary N) is 1. The number of rotatable bonds is 4. The second-order valence-corrected chi connectivity index (χ2v) is 5.65. The molecule has 0 heterocycles. The molecule has 1 aromatic rings. The summed E-state index contributed by atoms with van der Waals surface area (Å²) in [5, 5.41) is 0. The van der Waals surface area contributed by atoms with Crippen LogP contribution in [0.3, 0.4) is 0 Å². The standard InChI is InChI=1S/C6H6.C4H12NO2PS/c1-2-4-6-5-3-1;1-3-6-8(5,9)7-4-2/h1-6H;3-4H2,1-2H3,(H2,5,9). The second kappa shape index (κ2) is 9.01. The monoisotopic (exact) mass is 247 g/mol. The summed E-state index contributed by atoms with van der Waals surface area (Å²) >= 11 is 4.79. The Bertz CT molecular complexity index is 245. The van der Waals surface area contributed by atoms with Crippen molar-refractivity contribution in [3.63, 3.8) is 0 Å². The van der Waals surface area contributed by atoms with Crippen LogP contribution in [0.25, 0.3) is 0 Å². The normalized spacial score (nSPS) is 10.3. The molecule has 0 spiro atoms. The molecule has 0 atom stereocenters. The molecule has 15 heavy (non-hydrogen) atoms.